The third-order valence-electron chi connectivity index (χ3n) is 2.93. The van der Waals surface area contributed by atoms with Crippen LogP contribution in [0.5, 0.6) is 5.75 Å². The van der Waals surface area contributed by atoms with Gasteiger partial charge < -0.3 is 10.1 Å². The Hall–Kier alpha value is -2.07. The molecule has 0 fully saturated rings. The van der Waals surface area contributed by atoms with Crippen LogP contribution in [0.15, 0.2) is 48.8 Å². The van der Waals surface area contributed by atoms with Crippen molar-refractivity contribution in [2.75, 3.05) is 6.54 Å². The van der Waals surface area contributed by atoms with Gasteiger partial charge in [-0.25, -0.2) is 0 Å². The fraction of sp³-hybridized carbons (Fsp3) is 0.250. The Morgan fingerprint density at radius 2 is 2.10 bits per heavy atom. The number of amides is 1. The van der Waals surface area contributed by atoms with Gasteiger partial charge in [-0.2, -0.15) is 0 Å². The molecule has 0 bridgehead atoms. The fourth-order valence-corrected chi connectivity index (χ4v) is 1.92. The van der Waals surface area contributed by atoms with Crippen LogP contribution in [0.2, 0.25) is 5.02 Å². The van der Waals surface area contributed by atoms with Gasteiger partial charge >= 0.3 is 0 Å². The van der Waals surface area contributed by atoms with Gasteiger partial charge in [0, 0.05) is 24.0 Å². The smallest absolute Gasteiger partial charge is 0.260 e. The molecule has 2 aromatic rings. The Labute approximate surface area is 129 Å². The van der Waals surface area contributed by atoms with Crippen molar-refractivity contribution in [3.63, 3.8) is 0 Å². The van der Waals surface area contributed by atoms with E-state index in [0.29, 0.717) is 17.3 Å². The molecule has 1 heterocycles. The monoisotopic (exact) mass is 304 g/mol. The molecule has 0 radical (unpaired) electrons. The van der Waals surface area contributed by atoms with Gasteiger partial charge in [0.1, 0.15) is 5.75 Å². The van der Waals surface area contributed by atoms with Gasteiger partial charge in [0.05, 0.1) is 0 Å². The van der Waals surface area contributed by atoms with E-state index in [1.165, 1.54) is 0 Å². The van der Waals surface area contributed by atoms with Crippen LogP contribution in [0, 0.1) is 0 Å². The van der Waals surface area contributed by atoms with Gasteiger partial charge in [0.25, 0.3) is 5.91 Å². The third kappa shape index (κ3) is 5.08. The van der Waals surface area contributed by atoms with Crippen molar-refractivity contribution in [2.45, 2.75) is 19.4 Å². The van der Waals surface area contributed by atoms with Crippen LogP contribution >= 0.6 is 11.6 Å². The Bertz CT molecular complexity index is 573. The molecule has 0 saturated heterocycles. The van der Waals surface area contributed by atoms with E-state index in [1.807, 2.05) is 12.1 Å². The van der Waals surface area contributed by atoms with Crippen LogP contribution in [0.25, 0.3) is 0 Å². The maximum Gasteiger partial charge on any atom is 0.260 e. The second-order valence-corrected chi connectivity index (χ2v) is 5.05. The number of hydrogen-bond acceptors (Lipinski definition) is 3. The summed E-state index contributed by atoms with van der Waals surface area (Å²) < 4.78 is 5.55. The zero-order chi connectivity index (χ0) is 15.1. The van der Waals surface area contributed by atoms with Crippen molar-refractivity contribution in [1.29, 1.82) is 0 Å². The van der Waals surface area contributed by atoms with Crippen LogP contribution < -0.4 is 10.1 Å². The van der Waals surface area contributed by atoms with Gasteiger partial charge in [0.2, 0.25) is 0 Å². The first-order valence-corrected chi connectivity index (χ1v) is 7.12. The minimum Gasteiger partial charge on any atom is -0.481 e. The van der Waals surface area contributed by atoms with Crippen LogP contribution in [-0.4, -0.2) is 23.5 Å². The number of carbonyl (C=O) groups is 1. The van der Waals surface area contributed by atoms with Crippen molar-refractivity contribution in [3.05, 3.63) is 59.4 Å². The predicted octanol–water partition coefficient (Wildman–Crippen LogP) is 2.86. The van der Waals surface area contributed by atoms with Crippen LogP contribution in [0.3, 0.4) is 0 Å². The van der Waals surface area contributed by atoms with Crippen LogP contribution in [0.1, 0.15) is 12.5 Å². The molecule has 0 aliphatic heterocycles. The molecule has 2 rings (SSSR count). The number of pyridine rings is 1. The van der Waals surface area contributed by atoms with Gasteiger partial charge in [-0.05, 0) is 49.2 Å². The molecule has 0 spiro atoms. The molecule has 1 atom stereocenters. The van der Waals surface area contributed by atoms with Gasteiger partial charge in [-0.15, -0.1) is 0 Å². The van der Waals surface area contributed by atoms with Crippen molar-refractivity contribution in [3.8, 4) is 5.75 Å². The molecule has 110 valence electrons. The second kappa shape index (κ2) is 7.64. The quantitative estimate of drug-likeness (QED) is 0.893. The summed E-state index contributed by atoms with van der Waals surface area (Å²) in [6.07, 6.45) is 3.71. The summed E-state index contributed by atoms with van der Waals surface area (Å²) >= 11 is 5.80. The van der Waals surface area contributed by atoms with E-state index in [9.17, 15) is 4.79 Å². The molecule has 1 amide bonds. The minimum atomic E-state index is -0.555. The third-order valence-corrected chi connectivity index (χ3v) is 3.18. The molecule has 4 nitrogen and oxygen atoms in total. The fourth-order valence-electron chi connectivity index (χ4n) is 1.79. The minimum absolute atomic E-state index is 0.145. The van der Waals surface area contributed by atoms with Crippen LogP contribution in [0.4, 0.5) is 0 Å². The number of aromatic nitrogens is 1. The second-order valence-electron chi connectivity index (χ2n) is 4.62. The number of nitrogens with one attached hydrogen (secondary N) is 1. The van der Waals surface area contributed by atoms with Crippen molar-refractivity contribution >= 4 is 17.5 Å². The van der Waals surface area contributed by atoms with E-state index in [-0.39, 0.29) is 5.91 Å². The van der Waals surface area contributed by atoms with Gasteiger partial charge in [0.15, 0.2) is 6.10 Å². The van der Waals surface area contributed by atoms with Gasteiger partial charge in [-0.3, -0.25) is 9.78 Å². The Kier molecular flexibility index (Phi) is 5.58. The highest BCUT2D eigenvalue weighted by Gasteiger charge is 2.13. The first-order chi connectivity index (χ1) is 10.1. The lowest BCUT2D eigenvalue weighted by Gasteiger charge is -2.14. The summed E-state index contributed by atoms with van der Waals surface area (Å²) in [4.78, 5) is 16.0. The average molecular weight is 305 g/mol. The standard InChI is InChI=1S/C16H17ClN2O2/c1-12(21-15-6-4-14(17)5-7-15)16(20)19-10-8-13-3-2-9-18-11-13/h2-7,9,11-12H,8,10H2,1H3,(H,19,20). The highest BCUT2D eigenvalue weighted by atomic mass is 35.5. The highest BCUT2D eigenvalue weighted by molar-refractivity contribution is 6.30. The number of rotatable bonds is 6. The molecule has 5 heteroatoms. The highest BCUT2D eigenvalue weighted by Crippen LogP contribution is 2.16. The van der Waals surface area contributed by atoms with Crippen LogP contribution in [-0.2, 0) is 11.2 Å². The molecule has 0 aliphatic rings. The average Bonchev–Trinajstić information content (AvgIpc) is 2.50. The van der Waals surface area contributed by atoms with E-state index < -0.39 is 6.10 Å². The Morgan fingerprint density at radius 1 is 1.33 bits per heavy atom. The summed E-state index contributed by atoms with van der Waals surface area (Å²) in [6.45, 7) is 2.27. The normalized spacial score (nSPS) is 11.7. The van der Waals surface area contributed by atoms with E-state index in [1.54, 1.807) is 43.6 Å². The summed E-state index contributed by atoms with van der Waals surface area (Å²) in [5.41, 5.74) is 1.09. The summed E-state index contributed by atoms with van der Waals surface area (Å²) in [7, 11) is 0. The molecule has 1 unspecified atom stereocenters. The molecule has 1 N–H and O–H groups in total. The van der Waals surface area contributed by atoms with E-state index in [0.717, 1.165) is 12.0 Å². The predicted molar refractivity (Wildman–Crippen MR) is 82.5 cm³/mol. The molecular formula is C16H17ClN2O2. The molecular weight excluding hydrogens is 288 g/mol. The van der Waals surface area contributed by atoms with Crippen molar-refractivity contribution in [1.82, 2.24) is 10.3 Å². The van der Waals surface area contributed by atoms with Crippen molar-refractivity contribution in [2.24, 2.45) is 0 Å². The number of hydrogen-bond donors (Lipinski definition) is 1. The number of carbonyl (C=O) groups excluding carboxylic acids is 1. The Balaban J connectivity index is 1.76. The van der Waals surface area contributed by atoms with Crippen molar-refractivity contribution < 1.29 is 9.53 Å². The molecule has 0 aliphatic carbocycles. The molecule has 1 aromatic heterocycles. The first kappa shape index (κ1) is 15.3. The number of ether oxygens (including phenoxy) is 1. The first-order valence-electron chi connectivity index (χ1n) is 6.74. The maximum atomic E-state index is 11.9. The molecule has 21 heavy (non-hydrogen) atoms. The zero-order valence-corrected chi connectivity index (χ0v) is 12.5. The summed E-state index contributed by atoms with van der Waals surface area (Å²) in [5, 5.41) is 3.48. The van der Waals surface area contributed by atoms with E-state index in [4.69, 9.17) is 16.3 Å². The summed E-state index contributed by atoms with van der Waals surface area (Å²) in [6, 6.07) is 10.8. The number of benzene rings is 1. The number of nitrogens with zero attached hydrogens (tertiary/aromatic N) is 1. The lowest BCUT2D eigenvalue weighted by Crippen LogP contribution is -2.37. The maximum absolute atomic E-state index is 11.9. The molecule has 0 saturated carbocycles. The van der Waals surface area contributed by atoms with E-state index in [2.05, 4.69) is 10.3 Å². The largest absolute Gasteiger partial charge is 0.481 e. The number of halogens is 1. The topological polar surface area (TPSA) is 51.2 Å². The lowest BCUT2D eigenvalue weighted by molar-refractivity contribution is -0.127. The SMILES string of the molecule is CC(Oc1ccc(Cl)cc1)C(=O)NCCc1cccnc1. The zero-order valence-electron chi connectivity index (χ0n) is 11.8. The lowest BCUT2D eigenvalue weighted by atomic mass is 10.2. The molecule has 1 aromatic carbocycles. The van der Waals surface area contributed by atoms with Gasteiger partial charge in [-0.1, -0.05) is 17.7 Å². The Morgan fingerprint density at radius 3 is 2.76 bits per heavy atom. The summed E-state index contributed by atoms with van der Waals surface area (Å²) in [5.74, 6) is 0.475. The van der Waals surface area contributed by atoms with E-state index >= 15 is 0 Å².